The second-order valence-corrected chi connectivity index (χ2v) is 5.28. The number of carbonyl (C=O) groups excluding carboxylic acids is 1. The number of pyridine rings is 1. The van der Waals surface area contributed by atoms with E-state index in [1.165, 1.54) is 0 Å². The molecule has 2 rings (SSSR count). The average Bonchev–Trinajstić information content (AvgIpc) is 2.49. The third-order valence-electron chi connectivity index (χ3n) is 2.81. The van der Waals surface area contributed by atoms with Crippen LogP contribution in [-0.2, 0) is 4.79 Å². The Morgan fingerprint density at radius 2 is 2.19 bits per heavy atom. The summed E-state index contributed by atoms with van der Waals surface area (Å²) < 4.78 is 5.37. The fourth-order valence-corrected chi connectivity index (χ4v) is 2.06. The summed E-state index contributed by atoms with van der Waals surface area (Å²) >= 11 is 11.8. The molecule has 0 radical (unpaired) electrons. The van der Waals surface area contributed by atoms with E-state index in [2.05, 4.69) is 10.3 Å². The maximum atomic E-state index is 11.9. The number of nitrogens with zero attached hydrogens (tertiary/aromatic N) is 1. The summed E-state index contributed by atoms with van der Waals surface area (Å²) in [6, 6.07) is 8.41. The van der Waals surface area contributed by atoms with Crippen molar-refractivity contribution in [1.82, 2.24) is 10.3 Å². The van der Waals surface area contributed by atoms with E-state index in [1.807, 2.05) is 19.1 Å². The van der Waals surface area contributed by atoms with Crippen LogP contribution < -0.4 is 10.1 Å². The van der Waals surface area contributed by atoms with Crippen LogP contribution in [0.15, 0.2) is 42.7 Å². The lowest BCUT2D eigenvalue weighted by molar-refractivity contribution is -0.123. The van der Waals surface area contributed by atoms with Crippen LogP contribution in [0.2, 0.25) is 10.0 Å². The van der Waals surface area contributed by atoms with Crippen molar-refractivity contribution >= 4 is 29.1 Å². The van der Waals surface area contributed by atoms with E-state index < -0.39 is 0 Å². The quantitative estimate of drug-likeness (QED) is 0.913. The maximum Gasteiger partial charge on any atom is 0.258 e. The minimum Gasteiger partial charge on any atom is -0.482 e. The molecule has 0 saturated carbocycles. The summed E-state index contributed by atoms with van der Waals surface area (Å²) in [4.78, 5) is 15.9. The predicted octanol–water partition coefficient (Wildman–Crippen LogP) is 3.64. The summed E-state index contributed by atoms with van der Waals surface area (Å²) in [6.07, 6.45) is 3.39. The van der Waals surface area contributed by atoms with Gasteiger partial charge in [0, 0.05) is 23.5 Å². The number of hydrogen-bond acceptors (Lipinski definition) is 3. The molecular weight excluding hydrogens is 311 g/mol. The van der Waals surface area contributed by atoms with Gasteiger partial charge in [-0.1, -0.05) is 29.3 Å². The van der Waals surface area contributed by atoms with Gasteiger partial charge in [-0.05, 0) is 30.7 Å². The molecule has 0 saturated heterocycles. The second-order valence-electron chi connectivity index (χ2n) is 4.44. The molecule has 1 heterocycles. The van der Waals surface area contributed by atoms with Gasteiger partial charge in [0.25, 0.3) is 5.91 Å². The number of ether oxygens (including phenoxy) is 1. The average molecular weight is 325 g/mol. The van der Waals surface area contributed by atoms with Crippen molar-refractivity contribution in [2.75, 3.05) is 6.61 Å². The van der Waals surface area contributed by atoms with E-state index in [-0.39, 0.29) is 18.6 Å². The number of hydrogen-bond donors (Lipinski definition) is 1. The van der Waals surface area contributed by atoms with Gasteiger partial charge in [-0.25, -0.2) is 0 Å². The molecule has 1 N–H and O–H groups in total. The van der Waals surface area contributed by atoms with Gasteiger partial charge in [-0.2, -0.15) is 0 Å². The van der Waals surface area contributed by atoms with Crippen LogP contribution in [0.1, 0.15) is 18.5 Å². The highest BCUT2D eigenvalue weighted by Gasteiger charge is 2.11. The summed E-state index contributed by atoms with van der Waals surface area (Å²) in [5.41, 5.74) is 0.923. The molecule has 1 aromatic heterocycles. The smallest absolute Gasteiger partial charge is 0.258 e. The lowest BCUT2D eigenvalue weighted by Crippen LogP contribution is -2.31. The summed E-state index contributed by atoms with van der Waals surface area (Å²) in [5.74, 6) is 0.135. The van der Waals surface area contributed by atoms with Crippen molar-refractivity contribution in [2.45, 2.75) is 13.0 Å². The molecule has 4 nitrogen and oxygen atoms in total. The van der Waals surface area contributed by atoms with Gasteiger partial charge in [-0.3, -0.25) is 9.78 Å². The van der Waals surface area contributed by atoms with Crippen molar-refractivity contribution in [1.29, 1.82) is 0 Å². The third-order valence-corrected chi connectivity index (χ3v) is 3.36. The third kappa shape index (κ3) is 4.62. The molecule has 1 unspecified atom stereocenters. The number of benzene rings is 1. The molecule has 0 aliphatic heterocycles. The van der Waals surface area contributed by atoms with Crippen LogP contribution in [-0.4, -0.2) is 17.5 Å². The summed E-state index contributed by atoms with van der Waals surface area (Å²) in [5, 5.41) is 3.73. The molecule has 21 heavy (non-hydrogen) atoms. The van der Waals surface area contributed by atoms with Gasteiger partial charge < -0.3 is 10.1 Å². The summed E-state index contributed by atoms with van der Waals surface area (Å²) in [6.45, 7) is 1.74. The fraction of sp³-hybridized carbons (Fsp3) is 0.200. The molecular formula is C15H14Cl2N2O2. The highest BCUT2D eigenvalue weighted by atomic mass is 35.5. The van der Waals surface area contributed by atoms with Gasteiger partial charge in [0.2, 0.25) is 0 Å². The van der Waals surface area contributed by atoms with Crippen LogP contribution in [0.3, 0.4) is 0 Å². The molecule has 0 aliphatic carbocycles. The predicted molar refractivity (Wildman–Crippen MR) is 82.8 cm³/mol. The Bertz CT molecular complexity index is 620. The zero-order chi connectivity index (χ0) is 15.2. The van der Waals surface area contributed by atoms with E-state index in [9.17, 15) is 4.79 Å². The Kier molecular flexibility index (Phi) is 5.42. The molecule has 0 spiro atoms. The highest BCUT2D eigenvalue weighted by Crippen LogP contribution is 2.27. The lowest BCUT2D eigenvalue weighted by Gasteiger charge is -2.14. The molecule has 2 aromatic rings. The van der Waals surface area contributed by atoms with Gasteiger partial charge in [0.1, 0.15) is 5.75 Å². The van der Waals surface area contributed by atoms with Gasteiger partial charge in [-0.15, -0.1) is 0 Å². The zero-order valence-corrected chi connectivity index (χ0v) is 12.9. The van der Waals surface area contributed by atoms with E-state index in [0.717, 1.165) is 5.56 Å². The normalized spacial score (nSPS) is 11.8. The Morgan fingerprint density at radius 1 is 1.38 bits per heavy atom. The minimum absolute atomic E-state index is 0.134. The maximum absolute atomic E-state index is 11.9. The van der Waals surface area contributed by atoms with Crippen molar-refractivity contribution < 1.29 is 9.53 Å². The fourth-order valence-electron chi connectivity index (χ4n) is 1.73. The van der Waals surface area contributed by atoms with Crippen molar-refractivity contribution in [3.05, 3.63) is 58.3 Å². The van der Waals surface area contributed by atoms with Gasteiger partial charge in [0.05, 0.1) is 11.1 Å². The first-order valence-electron chi connectivity index (χ1n) is 6.33. The summed E-state index contributed by atoms with van der Waals surface area (Å²) in [7, 11) is 0. The molecule has 0 fully saturated rings. The largest absolute Gasteiger partial charge is 0.482 e. The topological polar surface area (TPSA) is 51.2 Å². The Hall–Kier alpha value is -1.78. The number of amides is 1. The molecule has 6 heteroatoms. The van der Waals surface area contributed by atoms with E-state index in [0.29, 0.717) is 15.8 Å². The van der Waals surface area contributed by atoms with E-state index in [4.69, 9.17) is 27.9 Å². The first-order valence-corrected chi connectivity index (χ1v) is 7.09. The van der Waals surface area contributed by atoms with Crippen LogP contribution in [0.5, 0.6) is 5.75 Å². The highest BCUT2D eigenvalue weighted by molar-refractivity contribution is 6.34. The van der Waals surface area contributed by atoms with E-state index in [1.54, 1.807) is 30.6 Å². The first-order chi connectivity index (χ1) is 10.1. The molecule has 0 aliphatic rings. The number of rotatable bonds is 5. The van der Waals surface area contributed by atoms with Crippen LogP contribution in [0.4, 0.5) is 0 Å². The van der Waals surface area contributed by atoms with Gasteiger partial charge >= 0.3 is 0 Å². The monoisotopic (exact) mass is 324 g/mol. The molecule has 0 bridgehead atoms. The van der Waals surface area contributed by atoms with Crippen molar-refractivity contribution in [3.63, 3.8) is 0 Å². The molecule has 110 valence electrons. The molecule has 1 atom stereocenters. The second kappa shape index (κ2) is 7.29. The SMILES string of the molecule is CC(NC(=O)COc1cc(Cl)ccc1Cl)c1cccnc1. The number of halogens is 2. The number of carbonyl (C=O) groups is 1. The number of aromatic nitrogens is 1. The number of nitrogens with one attached hydrogen (secondary N) is 1. The molecule has 1 aromatic carbocycles. The Balaban J connectivity index is 1.89. The minimum atomic E-state index is -0.248. The van der Waals surface area contributed by atoms with Crippen molar-refractivity contribution in [2.24, 2.45) is 0 Å². The molecule has 1 amide bonds. The standard InChI is InChI=1S/C15H14Cl2N2O2/c1-10(11-3-2-6-18-8-11)19-15(20)9-21-14-7-12(16)4-5-13(14)17/h2-8,10H,9H2,1H3,(H,19,20). The first kappa shape index (κ1) is 15.6. The van der Waals surface area contributed by atoms with Gasteiger partial charge in [0.15, 0.2) is 6.61 Å². The zero-order valence-electron chi connectivity index (χ0n) is 11.3. The van der Waals surface area contributed by atoms with E-state index >= 15 is 0 Å². The lowest BCUT2D eigenvalue weighted by atomic mass is 10.1. The van der Waals surface area contributed by atoms with Crippen LogP contribution in [0.25, 0.3) is 0 Å². The Labute approximate surface area is 133 Å². The Morgan fingerprint density at radius 3 is 2.90 bits per heavy atom. The van der Waals surface area contributed by atoms with Crippen LogP contribution >= 0.6 is 23.2 Å². The van der Waals surface area contributed by atoms with Crippen LogP contribution in [0, 0.1) is 0 Å². The van der Waals surface area contributed by atoms with Crippen molar-refractivity contribution in [3.8, 4) is 5.75 Å².